The van der Waals surface area contributed by atoms with Crippen LogP contribution in [0, 0.1) is 5.92 Å². The normalized spacial score (nSPS) is 23.3. The van der Waals surface area contributed by atoms with E-state index in [4.69, 9.17) is 5.11 Å². The minimum absolute atomic E-state index is 0.00810. The molecule has 0 saturated carbocycles. The summed E-state index contributed by atoms with van der Waals surface area (Å²) in [6.45, 7) is 3.63. The van der Waals surface area contributed by atoms with Crippen molar-refractivity contribution in [2.45, 2.75) is 13.8 Å². The fourth-order valence-corrected chi connectivity index (χ4v) is 1.19. The molecule has 0 aliphatic carbocycles. The molecule has 3 nitrogen and oxygen atoms in total. The molecule has 1 heterocycles. The van der Waals surface area contributed by atoms with Crippen LogP contribution in [0.15, 0.2) is 23.5 Å². The maximum Gasteiger partial charge on any atom is 0.333 e. The lowest BCUT2D eigenvalue weighted by molar-refractivity contribution is -0.133. The zero-order valence-electron chi connectivity index (χ0n) is 6.59. The Bertz CT molecular complexity index is 240. The molecule has 0 aromatic rings. The molecule has 0 aromatic heterocycles. The average molecular weight is 153 g/mol. The topological polar surface area (TPSA) is 49.3 Å². The SMILES string of the molecule is CC1=C(C(=O)O)C(C)C=CN1. The maximum absolute atomic E-state index is 10.6. The molecule has 1 aliphatic rings. The van der Waals surface area contributed by atoms with Crippen molar-refractivity contribution in [1.29, 1.82) is 0 Å². The molecule has 0 saturated heterocycles. The smallest absolute Gasteiger partial charge is 0.333 e. The lowest BCUT2D eigenvalue weighted by Gasteiger charge is -2.16. The molecule has 0 aromatic carbocycles. The van der Waals surface area contributed by atoms with Gasteiger partial charge in [-0.3, -0.25) is 0 Å². The molecule has 60 valence electrons. The Morgan fingerprint density at radius 2 is 2.36 bits per heavy atom. The van der Waals surface area contributed by atoms with E-state index < -0.39 is 5.97 Å². The van der Waals surface area contributed by atoms with Crippen molar-refractivity contribution < 1.29 is 9.90 Å². The fourth-order valence-electron chi connectivity index (χ4n) is 1.19. The van der Waals surface area contributed by atoms with E-state index in [2.05, 4.69) is 5.32 Å². The summed E-state index contributed by atoms with van der Waals surface area (Å²) in [6.07, 6.45) is 3.60. The van der Waals surface area contributed by atoms with Crippen LogP contribution in [-0.2, 0) is 4.79 Å². The van der Waals surface area contributed by atoms with Gasteiger partial charge in [0, 0.05) is 11.6 Å². The summed E-state index contributed by atoms with van der Waals surface area (Å²) in [7, 11) is 0. The van der Waals surface area contributed by atoms with Gasteiger partial charge in [-0.05, 0) is 13.1 Å². The Hall–Kier alpha value is -1.25. The molecular weight excluding hydrogens is 142 g/mol. The van der Waals surface area contributed by atoms with Crippen LogP contribution in [-0.4, -0.2) is 11.1 Å². The van der Waals surface area contributed by atoms with Crippen LogP contribution in [0.1, 0.15) is 13.8 Å². The molecule has 1 aliphatic heterocycles. The van der Waals surface area contributed by atoms with Gasteiger partial charge in [-0.15, -0.1) is 0 Å². The molecular formula is C8H11NO2. The van der Waals surface area contributed by atoms with Crippen molar-refractivity contribution in [2.75, 3.05) is 0 Å². The highest BCUT2D eigenvalue weighted by Crippen LogP contribution is 2.18. The van der Waals surface area contributed by atoms with Crippen LogP contribution in [0.3, 0.4) is 0 Å². The number of nitrogens with one attached hydrogen (secondary N) is 1. The second-order valence-corrected chi connectivity index (χ2v) is 2.64. The third-order valence-corrected chi connectivity index (χ3v) is 1.77. The van der Waals surface area contributed by atoms with Gasteiger partial charge in [-0.25, -0.2) is 4.79 Å². The lowest BCUT2D eigenvalue weighted by Crippen LogP contribution is -2.20. The van der Waals surface area contributed by atoms with Gasteiger partial charge in [0.2, 0.25) is 0 Å². The number of allylic oxidation sites excluding steroid dienone is 2. The van der Waals surface area contributed by atoms with Crippen molar-refractivity contribution in [1.82, 2.24) is 5.32 Å². The van der Waals surface area contributed by atoms with E-state index in [0.717, 1.165) is 5.70 Å². The maximum atomic E-state index is 10.6. The molecule has 1 atom stereocenters. The van der Waals surface area contributed by atoms with Crippen LogP contribution in [0.25, 0.3) is 0 Å². The minimum atomic E-state index is -0.841. The van der Waals surface area contributed by atoms with Gasteiger partial charge in [-0.2, -0.15) is 0 Å². The van der Waals surface area contributed by atoms with Crippen LogP contribution in [0.2, 0.25) is 0 Å². The van der Waals surface area contributed by atoms with Gasteiger partial charge in [0.1, 0.15) is 0 Å². The summed E-state index contributed by atoms with van der Waals surface area (Å²) < 4.78 is 0. The third-order valence-electron chi connectivity index (χ3n) is 1.77. The first-order chi connectivity index (χ1) is 5.13. The van der Waals surface area contributed by atoms with E-state index in [1.54, 1.807) is 13.1 Å². The monoisotopic (exact) mass is 153 g/mol. The number of hydrogen-bond acceptors (Lipinski definition) is 2. The molecule has 3 heteroatoms. The number of carbonyl (C=O) groups is 1. The Labute approximate surface area is 65.4 Å². The first-order valence-electron chi connectivity index (χ1n) is 3.50. The Morgan fingerprint density at radius 1 is 1.73 bits per heavy atom. The van der Waals surface area contributed by atoms with Crippen molar-refractivity contribution >= 4 is 5.97 Å². The second kappa shape index (κ2) is 2.78. The van der Waals surface area contributed by atoms with E-state index >= 15 is 0 Å². The highest BCUT2D eigenvalue weighted by Gasteiger charge is 2.18. The molecule has 2 N–H and O–H groups in total. The van der Waals surface area contributed by atoms with Crippen LogP contribution >= 0.6 is 0 Å². The predicted octanol–water partition coefficient (Wildman–Crippen LogP) is 1.10. The van der Waals surface area contributed by atoms with Crippen molar-refractivity contribution in [3.8, 4) is 0 Å². The molecule has 0 spiro atoms. The number of carboxylic acid groups (broad SMARTS) is 1. The Kier molecular flexibility index (Phi) is 1.98. The lowest BCUT2D eigenvalue weighted by atomic mass is 9.97. The number of aliphatic carboxylic acids is 1. The van der Waals surface area contributed by atoms with Crippen LogP contribution < -0.4 is 5.32 Å². The summed E-state index contributed by atoms with van der Waals surface area (Å²) in [6, 6.07) is 0. The predicted molar refractivity (Wildman–Crippen MR) is 41.8 cm³/mol. The number of carboxylic acids is 1. The van der Waals surface area contributed by atoms with E-state index in [9.17, 15) is 4.79 Å². The molecule has 0 fully saturated rings. The minimum Gasteiger partial charge on any atom is -0.478 e. The van der Waals surface area contributed by atoms with Gasteiger partial charge >= 0.3 is 5.97 Å². The second-order valence-electron chi connectivity index (χ2n) is 2.64. The van der Waals surface area contributed by atoms with Gasteiger partial charge in [-0.1, -0.05) is 13.0 Å². The zero-order valence-corrected chi connectivity index (χ0v) is 6.59. The number of dihydropyridines is 1. The van der Waals surface area contributed by atoms with Gasteiger partial charge in [0.25, 0.3) is 0 Å². The van der Waals surface area contributed by atoms with Crippen molar-refractivity contribution in [2.24, 2.45) is 5.92 Å². The molecule has 0 bridgehead atoms. The van der Waals surface area contributed by atoms with E-state index in [0.29, 0.717) is 5.57 Å². The van der Waals surface area contributed by atoms with E-state index in [1.807, 2.05) is 13.0 Å². The van der Waals surface area contributed by atoms with Crippen molar-refractivity contribution in [3.63, 3.8) is 0 Å². The quantitative estimate of drug-likeness (QED) is 0.593. The number of rotatable bonds is 1. The zero-order chi connectivity index (χ0) is 8.43. The first-order valence-corrected chi connectivity index (χ1v) is 3.50. The van der Waals surface area contributed by atoms with E-state index in [1.165, 1.54) is 0 Å². The summed E-state index contributed by atoms with van der Waals surface area (Å²) in [4.78, 5) is 10.6. The molecule has 1 rings (SSSR count). The summed E-state index contributed by atoms with van der Waals surface area (Å²) in [5.41, 5.74) is 1.18. The van der Waals surface area contributed by atoms with Gasteiger partial charge < -0.3 is 10.4 Å². The molecule has 1 unspecified atom stereocenters. The van der Waals surface area contributed by atoms with Crippen LogP contribution in [0.4, 0.5) is 0 Å². The first kappa shape index (κ1) is 7.85. The standard InChI is InChI=1S/C8H11NO2/c1-5-3-4-9-6(2)7(5)8(10)11/h3-5,9H,1-2H3,(H,10,11). The Balaban J connectivity index is 2.95. The fraction of sp³-hybridized carbons (Fsp3) is 0.375. The highest BCUT2D eigenvalue weighted by molar-refractivity contribution is 5.88. The average Bonchev–Trinajstić information content (AvgIpc) is 1.85. The summed E-state index contributed by atoms with van der Waals surface area (Å²) in [5, 5.41) is 11.6. The summed E-state index contributed by atoms with van der Waals surface area (Å²) >= 11 is 0. The van der Waals surface area contributed by atoms with Gasteiger partial charge in [0.05, 0.1) is 5.57 Å². The third kappa shape index (κ3) is 1.42. The van der Waals surface area contributed by atoms with Gasteiger partial charge in [0.15, 0.2) is 0 Å². The van der Waals surface area contributed by atoms with Crippen molar-refractivity contribution in [3.05, 3.63) is 23.5 Å². The summed E-state index contributed by atoms with van der Waals surface area (Å²) in [5.74, 6) is -0.833. The Morgan fingerprint density at radius 3 is 2.73 bits per heavy atom. The molecule has 0 amide bonds. The molecule has 11 heavy (non-hydrogen) atoms. The van der Waals surface area contributed by atoms with Crippen LogP contribution in [0.5, 0.6) is 0 Å². The largest absolute Gasteiger partial charge is 0.478 e. The molecule has 0 radical (unpaired) electrons. The highest BCUT2D eigenvalue weighted by atomic mass is 16.4. The van der Waals surface area contributed by atoms with E-state index in [-0.39, 0.29) is 5.92 Å². The number of hydrogen-bond donors (Lipinski definition) is 2.